The van der Waals surface area contributed by atoms with E-state index in [0.29, 0.717) is 36.8 Å². The van der Waals surface area contributed by atoms with Crippen LogP contribution in [0.5, 0.6) is 0 Å². The van der Waals surface area contributed by atoms with Crippen molar-refractivity contribution in [2.45, 2.75) is 13.2 Å². The lowest BCUT2D eigenvalue weighted by Crippen LogP contribution is -2.48. The number of methoxy groups -OCH3 is 1. The summed E-state index contributed by atoms with van der Waals surface area (Å²) in [6.07, 6.45) is 1.74. The molecule has 0 radical (unpaired) electrons. The first kappa shape index (κ1) is 18.8. The van der Waals surface area contributed by atoms with Crippen LogP contribution in [0.25, 0.3) is 4.96 Å². The molecule has 0 bridgehead atoms. The van der Waals surface area contributed by atoms with E-state index >= 15 is 0 Å². The molecule has 1 amide bonds. The number of aromatic nitrogens is 2. The number of rotatable bonds is 5. The Bertz CT molecular complexity index is 1040. The Balaban J connectivity index is 1.38. The quantitative estimate of drug-likeness (QED) is 0.656. The van der Waals surface area contributed by atoms with E-state index in [2.05, 4.69) is 9.88 Å². The molecule has 1 aromatic carbocycles. The minimum atomic E-state index is -0.0500. The Kier molecular flexibility index (Phi) is 5.52. The number of hydrogen-bond donors (Lipinski definition) is 0. The van der Waals surface area contributed by atoms with Crippen LogP contribution < -0.4 is 5.56 Å². The molecule has 3 heterocycles. The predicted octanol–water partition coefficient (Wildman–Crippen LogP) is 1.86. The zero-order valence-electron chi connectivity index (χ0n) is 15.7. The fraction of sp³-hybridized carbons (Fsp3) is 0.350. The van der Waals surface area contributed by atoms with Gasteiger partial charge in [-0.1, -0.05) is 12.1 Å². The number of benzene rings is 1. The number of carbonyl (C=O) groups is 1. The smallest absolute Gasteiger partial charge is 0.258 e. The SMILES string of the molecule is COCc1cccc(C(=O)N2CCN(Cc3cc(=O)n4ccsc4n3)CC2)c1. The van der Waals surface area contributed by atoms with Crippen LogP contribution in [0.2, 0.25) is 0 Å². The summed E-state index contributed by atoms with van der Waals surface area (Å²) < 4.78 is 6.71. The average Bonchev–Trinajstić information content (AvgIpc) is 3.18. The van der Waals surface area contributed by atoms with E-state index in [1.807, 2.05) is 34.5 Å². The number of thiazole rings is 1. The first-order valence-corrected chi connectivity index (χ1v) is 10.1. The maximum atomic E-state index is 12.8. The minimum Gasteiger partial charge on any atom is -0.380 e. The third-order valence-electron chi connectivity index (χ3n) is 4.89. The molecule has 0 unspecified atom stereocenters. The van der Waals surface area contributed by atoms with Crippen molar-refractivity contribution in [3.63, 3.8) is 0 Å². The number of ether oxygens (including phenoxy) is 1. The van der Waals surface area contributed by atoms with Crippen molar-refractivity contribution in [1.29, 1.82) is 0 Å². The van der Waals surface area contributed by atoms with Gasteiger partial charge in [-0.2, -0.15) is 0 Å². The Morgan fingerprint density at radius 1 is 1.21 bits per heavy atom. The van der Waals surface area contributed by atoms with Crippen LogP contribution in [0.3, 0.4) is 0 Å². The predicted molar refractivity (Wildman–Crippen MR) is 108 cm³/mol. The van der Waals surface area contributed by atoms with Crippen molar-refractivity contribution in [3.05, 3.63) is 69.1 Å². The molecule has 1 fully saturated rings. The first-order valence-electron chi connectivity index (χ1n) is 9.19. The third kappa shape index (κ3) is 3.99. The fourth-order valence-electron chi connectivity index (χ4n) is 3.45. The summed E-state index contributed by atoms with van der Waals surface area (Å²) >= 11 is 1.46. The third-order valence-corrected chi connectivity index (χ3v) is 5.64. The average molecular weight is 398 g/mol. The summed E-state index contributed by atoms with van der Waals surface area (Å²) in [5.74, 6) is 0.0500. The highest BCUT2D eigenvalue weighted by molar-refractivity contribution is 7.15. The van der Waals surface area contributed by atoms with Crippen molar-refractivity contribution in [1.82, 2.24) is 19.2 Å². The lowest BCUT2D eigenvalue weighted by Gasteiger charge is -2.34. The van der Waals surface area contributed by atoms with Gasteiger partial charge >= 0.3 is 0 Å². The highest BCUT2D eigenvalue weighted by Crippen LogP contribution is 2.14. The van der Waals surface area contributed by atoms with Gasteiger partial charge in [0.25, 0.3) is 11.5 Å². The summed E-state index contributed by atoms with van der Waals surface area (Å²) in [7, 11) is 1.65. The second-order valence-corrected chi connectivity index (χ2v) is 7.72. The largest absolute Gasteiger partial charge is 0.380 e. The number of nitrogens with zero attached hydrogens (tertiary/aromatic N) is 4. The zero-order chi connectivity index (χ0) is 19.5. The number of carbonyl (C=O) groups excluding carboxylic acids is 1. The Morgan fingerprint density at radius 3 is 2.82 bits per heavy atom. The van der Waals surface area contributed by atoms with Crippen LogP contribution in [0.4, 0.5) is 0 Å². The molecule has 4 rings (SSSR count). The standard InChI is InChI=1S/C20H22N4O3S/c1-27-14-15-3-2-4-16(11-15)19(26)23-7-5-22(6-8-23)13-17-12-18(25)24-9-10-28-20(24)21-17/h2-4,9-12H,5-8,13-14H2,1H3. The molecule has 0 spiro atoms. The number of piperazine rings is 1. The van der Waals surface area contributed by atoms with Gasteiger partial charge in [-0.25, -0.2) is 4.98 Å². The second kappa shape index (κ2) is 8.22. The minimum absolute atomic E-state index is 0.0500. The second-order valence-electron chi connectivity index (χ2n) is 6.84. The number of hydrogen-bond acceptors (Lipinski definition) is 6. The van der Waals surface area contributed by atoms with Gasteiger partial charge in [-0.05, 0) is 17.7 Å². The van der Waals surface area contributed by atoms with Crippen molar-refractivity contribution >= 4 is 22.2 Å². The Hall–Kier alpha value is -2.55. The van der Waals surface area contributed by atoms with Gasteiger partial charge in [0.05, 0.1) is 12.3 Å². The topological polar surface area (TPSA) is 67.2 Å². The Morgan fingerprint density at radius 2 is 2.04 bits per heavy atom. The molecule has 1 aliphatic rings. The van der Waals surface area contributed by atoms with Crippen LogP contribution in [-0.4, -0.2) is 58.4 Å². The molecule has 146 valence electrons. The van der Waals surface area contributed by atoms with E-state index in [9.17, 15) is 9.59 Å². The lowest BCUT2D eigenvalue weighted by atomic mass is 10.1. The van der Waals surface area contributed by atoms with E-state index in [4.69, 9.17) is 4.74 Å². The van der Waals surface area contributed by atoms with Gasteiger partial charge in [0.2, 0.25) is 0 Å². The molecule has 0 saturated carbocycles. The monoisotopic (exact) mass is 398 g/mol. The summed E-state index contributed by atoms with van der Waals surface area (Å²) in [5.41, 5.74) is 2.42. The summed E-state index contributed by atoms with van der Waals surface area (Å²) in [4.78, 5) is 34.3. The molecule has 28 heavy (non-hydrogen) atoms. The summed E-state index contributed by atoms with van der Waals surface area (Å²) in [6, 6.07) is 9.19. The summed E-state index contributed by atoms with van der Waals surface area (Å²) in [6.45, 7) is 3.95. The normalized spacial score (nSPS) is 15.2. The molecule has 0 aliphatic carbocycles. The summed E-state index contributed by atoms with van der Waals surface area (Å²) in [5, 5.41) is 1.86. The van der Waals surface area contributed by atoms with Crippen LogP contribution in [0, 0.1) is 0 Å². The van der Waals surface area contributed by atoms with Crippen LogP contribution in [0.1, 0.15) is 21.6 Å². The first-order chi connectivity index (χ1) is 13.6. The molecular weight excluding hydrogens is 376 g/mol. The van der Waals surface area contributed by atoms with E-state index in [1.165, 1.54) is 11.3 Å². The van der Waals surface area contributed by atoms with Gasteiger partial charge in [0, 0.05) is 63.0 Å². The van der Waals surface area contributed by atoms with Crippen molar-refractivity contribution in [3.8, 4) is 0 Å². The fourth-order valence-corrected chi connectivity index (χ4v) is 4.19. The van der Waals surface area contributed by atoms with E-state index < -0.39 is 0 Å². The van der Waals surface area contributed by atoms with Gasteiger partial charge in [0.15, 0.2) is 4.96 Å². The lowest BCUT2D eigenvalue weighted by molar-refractivity contribution is 0.0627. The molecule has 1 aliphatic heterocycles. The van der Waals surface area contributed by atoms with E-state index in [1.54, 1.807) is 23.8 Å². The number of fused-ring (bicyclic) bond motifs is 1. The zero-order valence-corrected chi connectivity index (χ0v) is 16.5. The van der Waals surface area contributed by atoms with Crippen LogP contribution in [0.15, 0.2) is 46.7 Å². The highest BCUT2D eigenvalue weighted by Gasteiger charge is 2.22. The molecule has 1 saturated heterocycles. The highest BCUT2D eigenvalue weighted by atomic mass is 32.1. The van der Waals surface area contributed by atoms with Gasteiger partial charge < -0.3 is 9.64 Å². The molecule has 0 N–H and O–H groups in total. The van der Waals surface area contributed by atoms with Gasteiger partial charge in [-0.3, -0.25) is 18.9 Å². The van der Waals surface area contributed by atoms with Crippen LogP contribution >= 0.6 is 11.3 Å². The van der Waals surface area contributed by atoms with Crippen molar-refractivity contribution in [2.24, 2.45) is 0 Å². The molecular formula is C20H22N4O3S. The van der Waals surface area contributed by atoms with Gasteiger partial charge in [0.1, 0.15) is 0 Å². The van der Waals surface area contributed by atoms with Crippen molar-refractivity contribution < 1.29 is 9.53 Å². The Labute approximate surface area is 166 Å². The molecule has 7 nitrogen and oxygen atoms in total. The maximum Gasteiger partial charge on any atom is 0.258 e. The molecule has 2 aromatic heterocycles. The number of amides is 1. The van der Waals surface area contributed by atoms with Crippen LogP contribution in [-0.2, 0) is 17.9 Å². The molecule has 3 aromatic rings. The van der Waals surface area contributed by atoms with Gasteiger partial charge in [-0.15, -0.1) is 11.3 Å². The van der Waals surface area contributed by atoms with E-state index in [0.717, 1.165) is 24.3 Å². The maximum absolute atomic E-state index is 12.8. The molecule has 8 heteroatoms. The van der Waals surface area contributed by atoms with E-state index in [-0.39, 0.29) is 11.5 Å². The van der Waals surface area contributed by atoms with Crippen molar-refractivity contribution in [2.75, 3.05) is 33.3 Å². The molecule has 0 atom stereocenters.